The van der Waals surface area contributed by atoms with Crippen LogP contribution >= 0.6 is 0 Å². The molecule has 0 bridgehead atoms. The van der Waals surface area contributed by atoms with Gasteiger partial charge in [0.1, 0.15) is 0 Å². The summed E-state index contributed by atoms with van der Waals surface area (Å²) in [6.45, 7) is 9.10. The van der Waals surface area contributed by atoms with Crippen molar-refractivity contribution in [2.24, 2.45) is 0 Å². The number of carbonyl (C=O) groups is 1. The van der Waals surface area contributed by atoms with Gasteiger partial charge in [0.2, 0.25) is 5.91 Å². The summed E-state index contributed by atoms with van der Waals surface area (Å²) in [6, 6.07) is 11.3. The highest BCUT2D eigenvalue weighted by molar-refractivity contribution is 5.94. The summed E-state index contributed by atoms with van der Waals surface area (Å²) in [5.74, 6) is 1.09. The average molecular weight is 470 g/mol. The maximum absolute atomic E-state index is 12.1. The maximum atomic E-state index is 12.1. The molecule has 1 aliphatic rings. The molecule has 0 radical (unpaired) electrons. The lowest BCUT2D eigenvalue weighted by Gasteiger charge is -2.32. The van der Waals surface area contributed by atoms with Gasteiger partial charge >= 0.3 is 0 Å². The van der Waals surface area contributed by atoms with Crippen LogP contribution in [0.5, 0.6) is 0 Å². The van der Waals surface area contributed by atoms with E-state index >= 15 is 0 Å². The Balaban J connectivity index is 1.47. The molecular formula is C29H35N5O. The lowest BCUT2D eigenvalue weighted by Crippen LogP contribution is -2.40. The molecule has 0 saturated carbocycles. The second-order valence-electron chi connectivity index (χ2n) is 10.4. The fourth-order valence-corrected chi connectivity index (χ4v) is 5.46. The molecule has 0 atom stereocenters. The lowest BCUT2D eigenvalue weighted by atomic mass is 9.87. The molecule has 1 amide bonds. The Bertz CT molecular complexity index is 1380. The summed E-state index contributed by atoms with van der Waals surface area (Å²) in [7, 11) is 3.66. The largest absolute Gasteiger partial charge is 0.354 e. The molecule has 1 fully saturated rings. The van der Waals surface area contributed by atoms with Crippen molar-refractivity contribution in [1.29, 1.82) is 0 Å². The Morgan fingerprint density at radius 2 is 1.86 bits per heavy atom. The van der Waals surface area contributed by atoms with E-state index in [1.807, 2.05) is 14.1 Å². The molecule has 6 nitrogen and oxygen atoms in total. The van der Waals surface area contributed by atoms with Crippen LogP contribution in [0, 0.1) is 6.92 Å². The quantitative estimate of drug-likeness (QED) is 0.420. The molecule has 0 unspecified atom stereocenters. The first kappa shape index (κ1) is 23.5. The van der Waals surface area contributed by atoms with Gasteiger partial charge in [0.15, 0.2) is 0 Å². The first-order valence-corrected chi connectivity index (χ1v) is 12.6. The molecule has 3 heterocycles. The van der Waals surface area contributed by atoms with Crippen molar-refractivity contribution in [3.8, 4) is 11.3 Å². The highest BCUT2D eigenvalue weighted by Gasteiger charge is 2.24. The minimum absolute atomic E-state index is 0.182. The van der Waals surface area contributed by atoms with E-state index in [9.17, 15) is 4.79 Å². The molecule has 4 aromatic rings. The van der Waals surface area contributed by atoms with E-state index in [0.29, 0.717) is 18.4 Å². The number of piperidine rings is 1. The summed E-state index contributed by atoms with van der Waals surface area (Å²) in [5.41, 5.74) is 9.31. The van der Waals surface area contributed by atoms with Gasteiger partial charge in [0, 0.05) is 43.0 Å². The van der Waals surface area contributed by atoms with Crippen molar-refractivity contribution in [1.82, 2.24) is 24.8 Å². The van der Waals surface area contributed by atoms with Gasteiger partial charge in [-0.15, -0.1) is 0 Å². The van der Waals surface area contributed by atoms with Crippen molar-refractivity contribution in [3.63, 3.8) is 0 Å². The minimum atomic E-state index is 0.182. The Morgan fingerprint density at radius 3 is 2.57 bits per heavy atom. The number of H-pyrrole nitrogens is 1. The molecule has 182 valence electrons. The van der Waals surface area contributed by atoms with Crippen LogP contribution in [0.1, 0.15) is 55.2 Å². The third-order valence-corrected chi connectivity index (χ3v) is 7.41. The fourth-order valence-electron chi connectivity index (χ4n) is 5.46. The van der Waals surface area contributed by atoms with Crippen LogP contribution in [0.15, 0.2) is 42.7 Å². The third-order valence-electron chi connectivity index (χ3n) is 7.41. The number of likely N-dealkylation sites (N-methyl/N-ethyl adjacent to an activating group) is 1. The number of amides is 1. The van der Waals surface area contributed by atoms with Crippen LogP contribution in [-0.2, 0) is 4.79 Å². The monoisotopic (exact) mass is 469 g/mol. The van der Waals surface area contributed by atoms with E-state index < -0.39 is 0 Å². The molecule has 5 rings (SSSR count). The summed E-state index contributed by atoms with van der Waals surface area (Å²) >= 11 is 0. The zero-order valence-corrected chi connectivity index (χ0v) is 21.4. The Morgan fingerprint density at radius 1 is 1.11 bits per heavy atom. The molecule has 35 heavy (non-hydrogen) atoms. The van der Waals surface area contributed by atoms with Crippen LogP contribution in [0.2, 0.25) is 0 Å². The number of fused-ring (bicyclic) bond motifs is 2. The van der Waals surface area contributed by atoms with E-state index in [-0.39, 0.29) is 5.91 Å². The van der Waals surface area contributed by atoms with Gasteiger partial charge in [-0.25, -0.2) is 0 Å². The van der Waals surface area contributed by atoms with Crippen molar-refractivity contribution in [2.75, 3.05) is 33.7 Å². The number of hydrogen-bond donors (Lipinski definition) is 1. The number of aromatic nitrogens is 3. The zero-order valence-electron chi connectivity index (χ0n) is 21.4. The fraction of sp³-hybridized carbons (Fsp3) is 0.414. The SMILES string of the molecule is Cc1cc(-c2[nH]c3ccc(C4CCN(CC(=O)N(C)C)CC4)cc3c2C(C)C)cc2nccnc12. The van der Waals surface area contributed by atoms with Gasteiger partial charge in [-0.1, -0.05) is 19.9 Å². The van der Waals surface area contributed by atoms with Crippen LogP contribution in [0.3, 0.4) is 0 Å². The van der Waals surface area contributed by atoms with Crippen LogP contribution in [-0.4, -0.2) is 64.4 Å². The topological polar surface area (TPSA) is 65.1 Å². The third kappa shape index (κ3) is 4.55. The average Bonchev–Trinajstić information content (AvgIpc) is 3.23. The molecule has 1 aliphatic heterocycles. The number of likely N-dealkylation sites (tertiary alicyclic amines) is 1. The molecule has 2 aromatic heterocycles. The van der Waals surface area contributed by atoms with Gasteiger partial charge in [-0.3, -0.25) is 19.7 Å². The predicted molar refractivity (Wildman–Crippen MR) is 143 cm³/mol. The smallest absolute Gasteiger partial charge is 0.236 e. The molecular weight excluding hydrogens is 434 g/mol. The highest BCUT2D eigenvalue weighted by Crippen LogP contribution is 2.39. The summed E-state index contributed by atoms with van der Waals surface area (Å²) in [5, 5.41) is 1.31. The van der Waals surface area contributed by atoms with E-state index in [0.717, 1.165) is 48.1 Å². The van der Waals surface area contributed by atoms with Crippen molar-refractivity contribution >= 4 is 27.8 Å². The lowest BCUT2D eigenvalue weighted by molar-refractivity contribution is -0.130. The van der Waals surface area contributed by atoms with E-state index in [4.69, 9.17) is 0 Å². The van der Waals surface area contributed by atoms with Gasteiger partial charge in [0.25, 0.3) is 0 Å². The normalized spacial score (nSPS) is 15.4. The number of carbonyl (C=O) groups excluding carboxylic acids is 1. The number of aryl methyl sites for hydroxylation is 1. The van der Waals surface area contributed by atoms with Crippen molar-refractivity contribution in [3.05, 3.63) is 59.4 Å². The zero-order chi connectivity index (χ0) is 24.7. The minimum Gasteiger partial charge on any atom is -0.354 e. The Kier molecular flexibility index (Phi) is 6.32. The number of nitrogens with one attached hydrogen (secondary N) is 1. The Labute approximate surface area is 207 Å². The predicted octanol–water partition coefficient (Wildman–Crippen LogP) is 5.48. The van der Waals surface area contributed by atoms with E-state index in [1.54, 1.807) is 17.3 Å². The standard InChI is InChI=1S/C29H35N5O/c1-18(2)27-23-15-21(20-8-12-34(13-9-20)17-26(35)33(4)5)6-7-24(23)32-29(27)22-14-19(3)28-25(16-22)30-10-11-31-28/h6-7,10-11,14-16,18,20,32H,8-9,12-13,17H2,1-5H3. The first-order chi connectivity index (χ1) is 16.8. The summed E-state index contributed by atoms with van der Waals surface area (Å²) in [4.78, 5) is 28.9. The number of nitrogens with zero attached hydrogens (tertiary/aromatic N) is 4. The number of rotatable bonds is 5. The van der Waals surface area contributed by atoms with Gasteiger partial charge in [-0.05, 0) is 85.6 Å². The van der Waals surface area contributed by atoms with Gasteiger partial charge in [0.05, 0.1) is 23.3 Å². The first-order valence-electron chi connectivity index (χ1n) is 12.6. The van der Waals surface area contributed by atoms with Crippen LogP contribution in [0.25, 0.3) is 33.2 Å². The molecule has 0 aliphatic carbocycles. The number of benzene rings is 2. The number of hydrogen-bond acceptors (Lipinski definition) is 4. The van der Waals surface area contributed by atoms with Gasteiger partial charge in [-0.2, -0.15) is 0 Å². The van der Waals surface area contributed by atoms with E-state index in [2.05, 4.69) is 71.0 Å². The second kappa shape index (κ2) is 9.42. The highest BCUT2D eigenvalue weighted by atomic mass is 16.2. The second-order valence-corrected chi connectivity index (χ2v) is 10.4. The van der Waals surface area contributed by atoms with Crippen molar-refractivity contribution < 1.29 is 4.79 Å². The summed E-state index contributed by atoms with van der Waals surface area (Å²) in [6.07, 6.45) is 5.68. The van der Waals surface area contributed by atoms with Gasteiger partial charge < -0.3 is 9.88 Å². The van der Waals surface area contributed by atoms with E-state index in [1.165, 1.54) is 27.7 Å². The van der Waals surface area contributed by atoms with Crippen molar-refractivity contribution in [2.45, 2.75) is 45.4 Å². The number of aromatic amines is 1. The molecule has 0 spiro atoms. The molecule has 2 aromatic carbocycles. The molecule has 1 N–H and O–H groups in total. The van der Waals surface area contributed by atoms with Crippen LogP contribution < -0.4 is 0 Å². The Hall–Kier alpha value is -3.25. The summed E-state index contributed by atoms with van der Waals surface area (Å²) < 4.78 is 0. The maximum Gasteiger partial charge on any atom is 0.236 e. The molecule has 6 heteroatoms. The molecule has 1 saturated heterocycles. The van der Waals surface area contributed by atoms with Crippen LogP contribution in [0.4, 0.5) is 0 Å².